The highest BCUT2D eigenvalue weighted by atomic mass is 79.9. The Kier molecular flexibility index (Phi) is 2.86. The molecule has 1 aliphatic heterocycles. The van der Waals surface area contributed by atoms with Crippen molar-refractivity contribution in [1.82, 2.24) is 5.32 Å². The highest BCUT2D eigenvalue weighted by Crippen LogP contribution is 2.16. The van der Waals surface area contributed by atoms with Crippen LogP contribution in [0, 0.1) is 0 Å². The van der Waals surface area contributed by atoms with Gasteiger partial charge in [0, 0.05) is 17.4 Å². The van der Waals surface area contributed by atoms with Crippen LogP contribution in [0.25, 0.3) is 0 Å². The zero-order chi connectivity index (χ0) is 9.14. The fourth-order valence-corrected chi connectivity index (χ4v) is 1.52. The van der Waals surface area contributed by atoms with Gasteiger partial charge in [-0.2, -0.15) is 0 Å². The molecule has 12 heavy (non-hydrogen) atoms. The van der Waals surface area contributed by atoms with E-state index in [4.69, 9.17) is 5.11 Å². The molecule has 0 aliphatic carbocycles. The Morgan fingerprint density at radius 1 is 1.58 bits per heavy atom. The fourth-order valence-electron chi connectivity index (χ4n) is 1.05. The summed E-state index contributed by atoms with van der Waals surface area (Å²) in [5.74, 6) is -1.07. The van der Waals surface area contributed by atoms with Crippen LogP contribution in [0.4, 0.5) is 0 Å². The standard InChI is InChI=1S/C7H8BrNO3/c8-3-5-4(7(11)12)1-2-6(10)9-5/h1-3H2,(H,9,10)(H,11,12). The Morgan fingerprint density at radius 3 is 2.75 bits per heavy atom. The summed E-state index contributed by atoms with van der Waals surface area (Å²) in [6, 6.07) is 0. The number of alkyl halides is 1. The predicted molar refractivity (Wildman–Crippen MR) is 45.8 cm³/mol. The Hall–Kier alpha value is -0.840. The average molecular weight is 234 g/mol. The molecule has 1 heterocycles. The SMILES string of the molecule is O=C1CCC(C(=O)O)=C(CBr)N1. The highest BCUT2D eigenvalue weighted by Gasteiger charge is 2.21. The van der Waals surface area contributed by atoms with Crippen molar-refractivity contribution in [3.63, 3.8) is 0 Å². The van der Waals surface area contributed by atoms with Gasteiger partial charge >= 0.3 is 5.97 Å². The van der Waals surface area contributed by atoms with Gasteiger partial charge in [0.15, 0.2) is 0 Å². The van der Waals surface area contributed by atoms with Gasteiger partial charge in [-0.3, -0.25) is 4.79 Å². The second-order valence-corrected chi connectivity index (χ2v) is 3.00. The van der Waals surface area contributed by atoms with Crippen molar-refractivity contribution in [2.75, 3.05) is 5.33 Å². The third kappa shape index (κ3) is 1.85. The summed E-state index contributed by atoms with van der Waals surface area (Å²) in [7, 11) is 0. The zero-order valence-electron chi connectivity index (χ0n) is 6.26. The van der Waals surface area contributed by atoms with Crippen LogP contribution >= 0.6 is 15.9 Å². The number of carbonyl (C=O) groups is 2. The number of carboxylic acids is 1. The van der Waals surface area contributed by atoms with Crippen LogP contribution in [0.15, 0.2) is 11.3 Å². The smallest absolute Gasteiger partial charge is 0.333 e. The molecule has 4 nitrogen and oxygen atoms in total. The average Bonchev–Trinajstić information content (AvgIpc) is 2.03. The number of rotatable bonds is 2. The van der Waals surface area contributed by atoms with E-state index in [9.17, 15) is 9.59 Å². The molecular formula is C7H8BrNO3. The molecule has 0 atom stereocenters. The van der Waals surface area contributed by atoms with Gasteiger partial charge in [0.2, 0.25) is 5.91 Å². The Bertz CT molecular complexity index is 259. The number of hydrogen-bond donors (Lipinski definition) is 2. The molecule has 1 rings (SSSR count). The van der Waals surface area contributed by atoms with Gasteiger partial charge in [0.1, 0.15) is 0 Å². The van der Waals surface area contributed by atoms with E-state index >= 15 is 0 Å². The van der Waals surface area contributed by atoms with Crippen LogP contribution in [-0.2, 0) is 9.59 Å². The van der Waals surface area contributed by atoms with E-state index in [1.54, 1.807) is 0 Å². The van der Waals surface area contributed by atoms with Gasteiger partial charge in [-0.25, -0.2) is 4.79 Å². The summed E-state index contributed by atoms with van der Waals surface area (Å²) in [4.78, 5) is 21.4. The van der Waals surface area contributed by atoms with E-state index in [0.29, 0.717) is 23.0 Å². The number of carboxylic acid groups (broad SMARTS) is 1. The summed E-state index contributed by atoms with van der Waals surface area (Å²) in [5, 5.41) is 11.6. The maximum Gasteiger partial charge on any atom is 0.333 e. The van der Waals surface area contributed by atoms with Crippen molar-refractivity contribution in [2.45, 2.75) is 12.8 Å². The van der Waals surface area contributed by atoms with Gasteiger partial charge < -0.3 is 10.4 Å². The number of amides is 1. The first-order valence-corrected chi connectivity index (χ1v) is 4.58. The lowest BCUT2D eigenvalue weighted by atomic mass is 10.0. The molecule has 0 aromatic heterocycles. The van der Waals surface area contributed by atoms with Crippen LogP contribution in [0.3, 0.4) is 0 Å². The second-order valence-electron chi connectivity index (χ2n) is 2.44. The molecule has 0 unspecified atom stereocenters. The minimum atomic E-state index is -0.954. The summed E-state index contributed by atoms with van der Waals surface area (Å²) in [6.45, 7) is 0. The largest absolute Gasteiger partial charge is 0.478 e. The van der Waals surface area contributed by atoms with Gasteiger partial charge in [-0.1, -0.05) is 15.9 Å². The zero-order valence-corrected chi connectivity index (χ0v) is 7.85. The lowest BCUT2D eigenvalue weighted by Gasteiger charge is -2.16. The molecule has 0 fully saturated rings. The number of allylic oxidation sites excluding steroid dienone is 1. The van der Waals surface area contributed by atoms with Crippen molar-refractivity contribution in [1.29, 1.82) is 0 Å². The number of nitrogens with one attached hydrogen (secondary N) is 1. The molecule has 5 heteroatoms. The molecular weight excluding hydrogens is 226 g/mol. The molecule has 1 amide bonds. The van der Waals surface area contributed by atoms with Crippen molar-refractivity contribution in [3.8, 4) is 0 Å². The number of aliphatic carboxylic acids is 1. The summed E-state index contributed by atoms with van der Waals surface area (Å²) >= 11 is 3.11. The van der Waals surface area contributed by atoms with Gasteiger partial charge in [0.25, 0.3) is 0 Å². The Labute approximate surface area is 77.8 Å². The third-order valence-corrected chi connectivity index (χ3v) is 2.21. The summed E-state index contributed by atoms with van der Waals surface area (Å²) in [6.07, 6.45) is 0.584. The van der Waals surface area contributed by atoms with Crippen LogP contribution in [0.2, 0.25) is 0 Å². The van der Waals surface area contributed by atoms with E-state index < -0.39 is 5.97 Å². The van der Waals surface area contributed by atoms with Crippen LogP contribution in [0.5, 0.6) is 0 Å². The van der Waals surface area contributed by atoms with Crippen molar-refractivity contribution < 1.29 is 14.7 Å². The van der Waals surface area contributed by atoms with Gasteiger partial charge in [-0.05, 0) is 6.42 Å². The molecule has 0 aromatic rings. The number of hydrogen-bond acceptors (Lipinski definition) is 2. The normalized spacial score (nSPS) is 17.6. The van der Waals surface area contributed by atoms with Gasteiger partial charge in [0.05, 0.1) is 5.57 Å². The molecule has 66 valence electrons. The highest BCUT2D eigenvalue weighted by molar-refractivity contribution is 9.09. The number of carbonyl (C=O) groups excluding carboxylic acids is 1. The maximum absolute atomic E-state index is 10.8. The van der Waals surface area contributed by atoms with E-state index in [1.165, 1.54) is 0 Å². The maximum atomic E-state index is 10.8. The van der Waals surface area contributed by atoms with E-state index in [2.05, 4.69) is 21.2 Å². The number of halogens is 1. The summed E-state index contributed by atoms with van der Waals surface area (Å²) in [5.41, 5.74) is 0.769. The third-order valence-electron chi connectivity index (χ3n) is 1.65. The summed E-state index contributed by atoms with van der Waals surface area (Å²) < 4.78 is 0. The first-order valence-electron chi connectivity index (χ1n) is 3.46. The quantitative estimate of drug-likeness (QED) is 0.688. The van der Waals surface area contributed by atoms with Crippen molar-refractivity contribution >= 4 is 27.8 Å². The van der Waals surface area contributed by atoms with Gasteiger partial charge in [-0.15, -0.1) is 0 Å². The minimum absolute atomic E-state index is 0.116. The Morgan fingerprint density at radius 2 is 2.25 bits per heavy atom. The molecule has 1 aliphatic rings. The van der Waals surface area contributed by atoms with Crippen molar-refractivity contribution in [2.24, 2.45) is 0 Å². The first-order chi connectivity index (χ1) is 5.65. The molecule has 0 radical (unpaired) electrons. The molecule has 0 saturated carbocycles. The van der Waals surface area contributed by atoms with Crippen molar-refractivity contribution in [3.05, 3.63) is 11.3 Å². The molecule has 0 saturated heterocycles. The monoisotopic (exact) mass is 233 g/mol. The van der Waals surface area contributed by atoms with E-state index in [1.807, 2.05) is 0 Å². The minimum Gasteiger partial charge on any atom is -0.478 e. The predicted octanol–water partition coefficient (Wildman–Crippen LogP) is 0.630. The van der Waals surface area contributed by atoms with E-state index in [0.717, 1.165) is 0 Å². The Balaban J connectivity index is 2.91. The van der Waals surface area contributed by atoms with Crippen LogP contribution in [0.1, 0.15) is 12.8 Å². The lowest BCUT2D eigenvalue weighted by molar-refractivity contribution is -0.133. The van der Waals surface area contributed by atoms with E-state index in [-0.39, 0.29) is 12.3 Å². The fraction of sp³-hybridized carbons (Fsp3) is 0.429. The molecule has 2 N–H and O–H groups in total. The van der Waals surface area contributed by atoms with Crippen LogP contribution in [-0.4, -0.2) is 22.3 Å². The molecule has 0 spiro atoms. The lowest BCUT2D eigenvalue weighted by Crippen LogP contribution is -2.30. The molecule has 0 bridgehead atoms. The first kappa shape index (κ1) is 9.25. The van der Waals surface area contributed by atoms with Crippen LogP contribution < -0.4 is 5.32 Å². The molecule has 0 aromatic carbocycles. The topological polar surface area (TPSA) is 66.4 Å². The second kappa shape index (κ2) is 3.71.